The number of carbonyl (C=O) groups is 2. The summed E-state index contributed by atoms with van der Waals surface area (Å²) < 4.78 is 28.5. The van der Waals surface area contributed by atoms with E-state index < -0.39 is 21.9 Å². The second-order valence-corrected chi connectivity index (χ2v) is 9.25. The van der Waals surface area contributed by atoms with Crippen LogP contribution in [0.1, 0.15) is 21.7 Å². The molecule has 2 heterocycles. The van der Waals surface area contributed by atoms with Crippen molar-refractivity contribution in [2.75, 3.05) is 40.3 Å². The molecule has 2 aromatic rings. The molecule has 1 fully saturated rings. The zero-order chi connectivity index (χ0) is 21.3. The van der Waals surface area contributed by atoms with Crippen LogP contribution < -0.4 is 0 Å². The maximum Gasteiger partial charge on any atom is 0.295 e. The Kier molecular flexibility index (Phi) is 5.87. The maximum atomic E-state index is 12.9. The van der Waals surface area contributed by atoms with Crippen molar-refractivity contribution in [2.24, 2.45) is 0 Å². The number of carbonyl (C=O) groups excluding carboxylic acids is 2. The van der Waals surface area contributed by atoms with E-state index in [-0.39, 0.29) is 26.2 Å². The highest BCUT2D eigenvalue weighted by atomic mass is 32.2. The van der Waals surface area contributed by atoms with Gasteiger partial charge in [-0.05, 0) is 26.0 Å². The molecule has 0 bridgehead atoms. The monoisotopic (exact) mass is 419 g/mol. The van der Waals surface area contributed by atoms with Crippen LogP contribution in [0.2, 0.25) is 0 Å². The molecule has 10 heteroatoms. The molecule has 0 saturated carbocycles. The molecular formula is C19H25N5O4S. The highest BCUT2D eigenvalue weighted by Crippen LogP contribution is 2.20. The Balaban J connectivity index is 1.77. The fourth-order valence-corrected chi connectivity index (χ4v) is 4.48. The van der Waals surface area contributed by atoms with Crippen molar-refractivity contribution in [1.82, 2.24) is 23.3 Å². The van der Waals surface area contributed by atoms with Crippen LogP contribution in [0.4, 0.5) is 0 Å². The van der Waals surface area contributed by atoms with Gasteiger partial charge in [0.05, 0.1) is 22.6 Å². The first-order chi connectivity index (χ1) is 13.6. The quantitative estimate of drug-likeness (QED) is 0.523. The minimum absolute atomic E-state index is 0.154. The van der Waals surface area contributed by atoms with Crippen molar-refractivity contribution in [3.8, 4) is 5.69 Å². The fourth-order valence-electron chi connectivity index (χ4n) is 3.40. The summed E-state index contributed by atoms with van der Waals surface area (Å²) in [4.78, 5) is 27.1. The largest absolute Gasteiger partial charge is 0.333 e. The van der Waals surface area contributed by atoms with Gasteiger partial charge < -0.3 is 4.90 Å². The van der Waals surface area contributed by atoms with Gasteiger partial charge in [0.1, 0.15) is 0 Å². The molecule has 1 aromatic carbocycles. The molecule has 1 amide bonds. The third kappa shape index (κ3) is 3.96. The fraction of sp³-hybridized carbons (Fsp3) is 0.421. The number of piperazine rings is 1. The van der Waals surface area contributed by atoms with E-state index in [1.807, 2.05) is 30.3 Å². The van der Waals surface area contributed by atoms with Crippen LogP contribution >= 0.6 is 0 Å². The number of aryl methyl sites for hydroxylation is 1. The standard InChI is InChI=1S/C19H25N5O4S/c1-14-17(15(2)24(20-14)16-8-6-5-7-9-16)18(25)19(26)22-10-12-23(13-11-22)29(27,28)21(3)4/h5-9H,10-13H2,1-4H3. The summed E-state index contributed by atoms with van der Waals surface area (Å²) in [6.07, 6.45) is 0. The van der Waals surface area contributed by atoms with E-state index in [9.17, 15) is 18.0 Å². The molecule has 0 radical (unpaired) electrons. The molecule has 0 N–H and O–H groups in total. The molecule has 1 aliphatic heterocycles. The molecule has 1 saturated heterocycles. The van der Waals surface area contributed by atoms with Gasteiger partial charge in [-0.25, -0.2) is 4.68 Å². The summed E-state index contributed by atoms with van der Waals surface area (Å²) in [7, 11) is -0.603. The minimum Gasteiger partial charge on any atom is -0.333 e. The first-order valence-electron chi connectivity index (χ1n) is 9.27. The number of hydrogen-bond acceptors (Lipinski definition) is 5. The summed E-state index contributed by atoms with van der Waals surface area (Å²) in [6, 6.07) is 9.39. The Hall–Kier alpha value is -2.56. The normalized spacial score (nSPS) is 15.7. The lowest BCUT2D eigenvalue weighted by Crippen LogP contribution is -2.54. The Labute approximate surface area is 170 Å². The SMILES string of the molecule is Cc1nn(-c2ccccc2)c(C)c1C(=O)C(=O)N1CCN(S(=O)(=O)N(C)C)CC1. The van der Waals surface area contributed by atoms with Gasteiger partial charge in [-0.15, -0.1) is 0 Å². The number of Topliss-reactive ketones (excluding diaryl/α,β-unsaturated/α-hetero) is 1. The number of nitrogens with zero attached hydrogens (tertiary/aromatic N) is 5. The van der Waals surface area contributed by atoms with E-state index in [1.54, 1.807) is 18.5 Å². The minimum atomic E-state index is -3.53. The van der Waals surface area contributed by atoms with Gasteiger partial charge >= 0.3 is 0 Å². The number of rotatable bonds is 5. The van der Waals surface area contributed by atoms with Crippen LogP contribution in [0.25, 0.3) is 5.69 Å². The van der Waals surface area contributed by atoms with E-state index in [0.29, 0.717) is 17.0 Å². The molecule has 0 spiro atoms. The number of aromatic nitrogens is 2. The van der Waals surface area contributed by atoms with Crippen molar-refractivity contribution < 1.29 is 18.0 Å². The van der Waals surface area contributed by atoms with E-state index in [2.05, 4.69) is 5.10 Å². The molecule has 29 heavy (non-hydrogen) atoms. The van der Waals surface area contributed by atoms with Crippen LogP contribution in [0.3, 0.4) is 0 Å². The van der Waals surface area contributed by atoms with Crippen LogP contribution in [0, 0.1) is 13.8 Å². The van der Waals surface area contributed by atoms with E-state index >= 15 is 0 Å². The van der Waals surface area contributed by atoms with Crippen molar-refractivity contribution in [3.63, 3.8) is 0 Å². The van der Waals surface area contributed by atoms with Gasteiger partial charge in [0.25, 0.3) is 21.9 Å². The van der Waals surface area contributed by atoms with Crippen LogP contribution in [0.15, 0.2) is 30.3 Å². The first kappa shape index (κ1) is 21.2. The van der Waals surface area contributed by atoms with Gasteiger partial charge in [0.2, 0.25) is 0 Å². The molecule has 0 atom stereocenters. The van der Waals surface area contributed by atoms with E-state index in [1.165, 1.54) is 23.3 Å². The number of para-hydroxylation sites is 1. The predicted molar refractivity (Wildman–Crippen MR) is 108 cm³/mol. The number of ketones is 1. The summed E-state index contributed by atoms with van der Waals surface area (Å²) in [5.41, 5.74) is 2.18. The zero-order valence-electron chi connectivity index (χ0n) is 17.0. The molecule has 9 nitrogen and oxygen atoms in total. The summed E-state index contributed by atoms with van der Waals surface area (Å²) >= 11 is 0. The summed E-state index contributed by atoms with van der Waals surface area (Å²) in [5, 5.41) is 4.42. The third-order valence-corrected chi connectivity index (χ3v) is 6.97. The predicted octanol–water partition coefficient (Wildman–Crippen LogP) is 0.622. The van der Waals surface area contributed by atoms with Gasteiger partial charge in [-0.2, -0.15) is 22.1 Å². The lowest BCUT2D eigenvalue weighted by atomic mass is 10.1. The van der Waals surface area contributed by atoms with Gasteiger partial charge in [0.15, 0.2) is 0 Å². The second-order valence-electron chi connectivity index (χ2n) is 7.10. The molecule has 156 valence electrons. The summed E-state index contributed by atoms with van der Waals surface area (Å²) in [6.45, 7) is 4.11. The second kappa shape index (κ2) is 8.05. The van der Waals surface area contributed by atoms with E-state index in [0.717, 1.165) is 9.99 Å². The number of benzene rings is 1. The number of amides is 1. The molecule has 0 aliphatic carbocycles. The lowest BCUT2D eigenvalue weighted by Gasteiger charge is -2.34. The average Bonchev–Trinajstić information content (AvgIpc) is 3.01. The molecular weight excluding hydrogens is 394 g/mol. The Morgan fingerprint density at radius 3 is 2.14 bits per heavy atom. The topological polar surface area (TPSA) is 95.8 Å². The van der Waals surface area contributed by atoms with Crippen LogP contribution in [-0.4, -0.2) is 83.7 Å². The highest BCUT2D eigenvalue weighted by molar-refractivity contribution is 7.86. The zero-order valence-corrected chi connectivity index (χ0v) is 17.8. The first-order valence-corrected chi connectivity index (χ1v) is 10.7. The smallest absolute Gasteiger partial charge is 0.295 e. The third-order valence-electron chi connectivity index (χ3n) is 5.03. The van der Waals surface area contributed by atoms with Crippen LogP contribution in [-0.2, 0) is 15.0 Å². The van der Waals surface area contributed by atoms with Crippen molar-refractivity contribution in [2.45, 2.75) is 13.8 Å². The van der Waals surface area contributed by atoms with Crippen molar-refractivity contribution in [3.05, 3.63) is 47.3 Å². The lowest BCUT2D eigenvalue weighted by molar-refractivity contribution is -0.127. The average molecular weight is 420 g/mol. The van der Waals surface area contributed by atoms with E-state index in [4.69, 9.17) is 0 Å². The molecule has 0 unspecified atom stereocenters. The Morgan fingerprint density at radius 2 is 1.59 bits per heavy atom. The van der Waals surface area contributed by atoms with Gasteiger partial charge in [0, 0.05) is 40.3 Å². The summed E-state index contributed by atoms with van der Waals surface area (Å²) in [5.74, 6) is -1.25. The molecule has 1 aromatic heterocycles. The van der Waals surface area contributed by atoms with Crippen LogP contribution in [0.5, 0.6) is 0 Å². The molecule has 3 rings (SSSR count). The van der Waals surface area contributed by atoms with Gasteiger partial charge in [-0.3, -0.25) is 9.59 Å². The highest BCUT2D eigenvalue weighted by Gasteiger charge is 2.34. The van der Waals surface area contributed by atoms with Crippen molar-refractivity contribution >= 4 is 21.9 Å². The Bertz CT molecular complexity index is 1020. The van der Waals surface area contributed by atoms with Crippen molar-refractivity contribution in [1.29, 1.82) is 0 Å². The van der Waals surface area contributed by atoms with Gasteiger partial charge in [-0.1, -0.05) is 18.2 Å². The Morgan fingerprint density at radius 1 is 1.00 bits per heavy atom. The molecule has 1 aliphatic rings. The maximum absolute atomic E-state index is 12.9. The number of hydrogen-bond donors (Lipinski definition) is 0.